The zero-order valence-electron chi connectivity index (χ0n) is 23.1. The number of hydrogen-bond donors (Lipinski definition) is 1. The molecular formula is C32H27N5O4S2. The molecule has 2 aromatic heterocycles. The molecule has 11 heteroatoms. The molecule has 0 spiro atoms. The van der Waals surface area contributed by atoms with E-state index in [1.165, 1.54) is 15.7 Å². The first-order chi connectivity index (χ1) is 21.0. The van der Waals surface area contributed by atoms with Crippen molar-refractivity contribution in [1.29, 1.82) is 0 Å². The summed E-state index contributed by atoms with van der Waals surface area (Å²) >= 11 is 1.25. The average molecular weight is 610 g/mol. The van der Waals surface area contributed by atoms with Gasteiger partial charge in [-0.3, -0.25) is 9.36 Å². The van der Waals surface area contributed by atoms with Crippen LogP contribution in [0, 0.1) is 0 Å². The van der Waals surface area contributed by atoms with E-state index in [1.54, 1.807) is 55.8 Å². The summed E-state index contributed by atoms with van der Waals surface area (Å²) in [6.45, 7) is 0.423. The van der Waals surface area contributed by atoms with Crippen LogP contribution in [0.4, 0.5) is 0 Å². The molecule has 216 valence electrons. The van der Waals surface area contributed by atoms with Crippen molar-refractivity contribution in [1.82, 2.24) is 24.1 Å². The summed E-state index contributed by atoms with van der Waals surface area (Å²) in [6, 6.07) is 32.6. The minimum atomic E-state index is -3.90. The van der Waals surface area contributed by atoms with E-state index in [0.717, 1.165) is 11.3 Å². The molecule has 6 aromatic rings. The Bertz CT molecular complexity index is 1990. The molecule has 43 heavy (non-hydrogen) atoms. The van der Waals surface area contributed by atoms with E-state index in [4.69, 9.17) is 4.74 Å². The second kappa shape index (κ2) is 12.2. The maximum absolute atomic E-state index is 13.7. The Kier molecular flexibility index (Phi) is 7.99. The Balaban J connectivity index is 1.40. The molecule has 0 saturated carbocycles. The van der Waals surface area contributed by atoms with Crippen molar-refractivity contribution in [3.63, 3.8) is 0 Å². The number of hydrogen-bond acceptors (Lipinski definition) is 7. The van der Waals surface area contributed by atoms with E-state index in [0.29, 0.717) is 39.7 Å². The van der Waals surface area contributed by atoms with Crippen molar-refractivity contribution >= 4 is 38.6 Å². The number of ether oxygens (including phenoxy) is 1. The second-order valence-corrected chi connectivity index (χ2v) is 12.3. The molecule has 4 aromatic carbocycles. The average Bonchev–Trinajstić information content (AvgIpc) is 3.66. The van der Waals surface area contributed by atoms with Crippen molar-refractivity contribution in [2.45, 2.75) is 16.6 Å². The van der Waals surface area contributed by atoms with Crippen molar-refractivity contribution < 1.29 is 17.9 Å². The molecule has 1 N–H and O–H groups in total. The van der Waals surface area contributed by atoms with Gasteiger partial charge in [-0.1, -0.05) is 78.5 Å². The third kappa shape index (κ3) is 5.77. The lowest BCUT2D eigenvalue weighted by Crippen LogP contribution is -2.24. The predicted molar refractivity (Wildman–Crippen MR) is 167 cm³/mol. The quantitative estimate of drug-likeness (QED) is 0.203. The largest absolute Gasteiger partial charge is 0.497 e. The number of carbonyl (C=O) groups excluding carboxylic acids is 1. The first-order valence-corrected chi connectivity index (χ1v) is 15.8. The smallest absolute Gasteiger partial charge is 0.268 e. The Labute approximate surface area is 253 Å². The summed E-state index contributed by atoms with van der Waals surface area (Å²) in [4.78, 5) is 12.9. The topological polar surface area (TPSA) is 108 Å². The number of methoxy groups -OCH3 is 1. The number of fused-ring (bicyclic) bond motifs is 1. The maximum Gasteiger partial charge on any atom is 0.268 e. The molecule has 0 aliphatic rings. The van der Waals surface area contributed by atoms with E-state index in [-0.39, 0.29) is 16.6 Å². The SMILES string of the molecule is COc1ccc(-n2c(SCC(=O)NCc3ccccc3)nnc2-c2cn(S(=O)(=O)c3ccccc3)c3ccccc23)cc1. The lowest BCUT2D eigenvalue weighted by atomic mass is 10.1. The Morgan fingerprint density at radius 3 is 2.26 bits per heavy atom. The second-order valence-electron chi connectivity index (χ2n) is 9.56. The minimum Gasteiger partial charge on any atom is -0.497 e. The van der Waals surface area contributed by atoms with E-state index in [2.05, 4.69) is 15.5 Å². The summed E-state index contributed by atoms with van der Waals surface area (Å²) in [5.41, 5.74) is 2.83. The Hall–Kier alpha value is -4.87. The van der Waals surface area contributed by atoms with Gasteiger partial charge in [-0.15, -0.1) is 10.2 Å². The molecule has 0 saturated heterocycles. The van der Waals surface area contributed by atoms with Gasteiger partial charge in [0.15, 0.2) is 11.0 Å². The summed E-state index contributed by atoms with van der Waals surface area (Å²) in [5, 5.41) is 13.1. The van der Waals surface area contributed by atoms with Gasteiger partial charge in [0, 0.05) is 29.4 Å². The number of aromatic nitrogens is 4. The van der Waals surface area contributed by atoms with Gasteiger partial charge in [-0.25, -0.2) is 12.4 Å². The molecule has 0 atom stereocenters. The molecular weight excluding hydrogens is 583 g/mol. The van der Waals surface area contributed by atoms with Crippen LogP contribution in [0.2, 0.25) is 0 Å². The zero-order valence-corrected chi connectivity index (χ0v) is 24.8. The van der Waals surface area contributed by atoms with Crippen LogP contribution in [0.25, 0.3) is 28.0 Å². The monoisotopic (exact) mass is 609 g/mol. The molecule has 0 aliphatic heterocycles. The van der Waals surface area contributed by atoms with Crippen molar-refractivity contribution in [2.75, 3.05) is 12.9 Å². The lowest BCUT2D eigenvalue weighted by Gasteiger charge is -2.11. The highest BCUT2D eigenvalue weighted by atomic mass is 32.2. The summed E-state index contributed by atoms with van der Waals surface area (Å²) in [7, 11) is -2.30. The van der Waals surface area contributed by atoms with Crippen molar-refractivity contribution in [3.05, 3.63) is 121 Å². The Morgan fingerprint density at radius 1 is 0.860 bits per heavy atom. The fraction of sp³-hybridized carbons (Fsp3) is 0.0938. The molecule has 0 unspecified atom stereocenters. The highest BCUT2D eigenvalue weighted by Gasteiger charge is 2.25. The van der Waals surface area contributed by atoms with Crippen LogP contribution in [-0.4, -0.2) is 45.9 Å². The van der Waals surface area contributed by atoms with Crippen LogP contribution < -0.4 is 10.1 Å². The first-order valence-electron chi connectivity index (χ1n) is 13.4. The summed E-state index contributed by atoms with van der Waals surface area (Å²) in [5.74, 6) is 1.09. The van der Waals surface area contributed by atoms with Crippen LogP contribution in [0.5, 0.6) is 5.75 Å². The number of nitrogens with zero attached hydrogens (tertiary/aromatic N) is 4. The van der Waals surface area contributed by atoms with Crippen molar-refractivity contribution in [2.24, 2.45) is 0 Å². The van der Waals surface area contributed by atoms with Crippen LogP contribution in [-0.2, 0) is 21.4 Å². The minimum absolute atomic E-state index is 0.116. The van der Waals surface area contributed by atoms with Gasteiger partial charge in [0.2, 0.25) is 5.91 Å². The van der Waals surface area contributed by atoms with E-state index < -0.39 is 10.0 Å². The lowest BCUT2D eigenvalue weighted by molar-refractivity contribution is -0.118. The third-order valence-corrected chi connectivity index (χ3v) is 9.46. The third-order valence-electron chi connectivity index (χ3n) is 6.85. The van der Waals surface area contributed by atoms with Crippen LogP contribution >= 0.6 is 11.8 Å². The number of benzene rings is 4. The van der Waals surface area contributed by atoms with Gasteiger partial charge in [0.05, 0.1) is 23.3 Å². The zero-order chi connectivity index (χ0) is 29.8. The van der Waals surface area contributed by atoms with Crippen LogP contribution in [0.15, 0.2) is 125 Å². The van der Waals surface area contributed by atoms with Crippen LogP contribution in [0.3, 0.4) is 0 Å². The fourth-order valence-electron chi connectivity index (χ4n) is 4.71. The first kappa shape index (κ1) is 28.3. The normalized spacial score (nSPS) is 11.5. The standard InChI is InChI=1S/C32H27N5O4S2/c1-41-25-18-16-24(17-19-25)37-31(34-35-32(37)42-22-30(38)33-20-23-10-4-2-5-11-23)28-21-36(29-15-9-8-14-27(28)29)43(39,40)26-12-6-3-7-13-26/h2-19,21H,20,22H2,1H3,(H,33,38). The van der Waals surface area contributed by atoms with Gasteiger partial charge < -0.3 is 10.1 Å². The fourth-order valence-corrected chi connectivity index (χ4v) is 6.88. The van der Waals surface area contributed by atoms with Crippen molar-refractivity contribution in [3.8, 4) is 22.8 Å². The molecule has 0 radical (unpaired) electrons. The highest BCUT2D eigenvalue weighted by Crippen LogP contribution is 2.35. The number of carbonyl (C=O) groups is 1. The number of amides is 1. The van der Waals surface area contributed by atoms with Crippen LogP contribution in [0.1, 0.15) is 5.56 Å². The maximum atomic E-state index is 13.7. The van der Waals surface area contributed by atoms with E-state index >= 15 is 0 Å². The predicted octanol–water partition coefficient (Wildman–Crippen LogP) is 5.54. The van der Waals surface area contributed by atoms with Gasteiger partial charge in [-0.05, 0) is 48.0 Å². The molecule has 0 aliphatic carbocycles. The van der Waals surface area contributed by atoms with Gasteiger partial charge >= 0.3 is 0 Å². The number of nitrogens with one attached hydrogen (secondary N) is 1. The van der Waals surface area contributed by atoms with E-state index in [9.17, 15) is 13.2 Å². The van der Waals surface area contributed by atoms with Gasteiger partial charge in [0.25, 0.3) is 10.0 Å². The number of thioether (sulfide) groups is 1. The summed E-state index contributed by atoms with van der Waals surface area (Å²) in [6.07, 6.45) is 1.58. The Morgan fingerprint density at radius 2 is 1.53 bits per heavy atom. The van der Waals surface area contributed by atoms with Gasteiger partial charge in [0.1, 0.15) is 5.75 Å². The summed E-state index contributed by atoms with van der Waals surface area (Å²) < 4.78 is 35.9. The molecule has 0 bridgehead atoms. The molecule has 0 fully saturated rings. The van der Waals surface area contributed by atoms with Gasteiger partial charge in [-0.2, -0.15) is 0 Å². The number of rotatable bonds is 10. The molecule has 6 rings (SSSR count). The van der Waals surface area contributed by atoms with E-state index in [1.807, 2.05) is 71.3 Å². The molecule has 1 amide bonds. The molecule has 9 nitrogen and oxygen atoms in total. The number of para-hydroxylation sites is 1. The highest BCUT2D eigenvalue weighted by molar-refractivity contribution is 7.99. The molecule has 2 heterocycles.